The van der Waals surface area contributed by atoms with E-state index in [4.69, 9.17) is 14.6 Å². The number of benzene rings is 1. The Hall–Kier alpha value is -1.10. The predicted octanol–water partition coefficient (Wildman–Crippen LogP) is 5.30. The minimum Gasteiger partial charge on any atom is -0.497 e. The quantitative estimate of drug-likeness (QED) is 0.649. The SMILES string of the molecule is COc1ccc(C2(O)CC[C@H]3[C@@H]4CCC5CC(OCCO)CC[C@]5(C)[C@@H]4CC[C@@]32C)cc1. The van der Waals surface area contributed by atoms with Gasteiger partial charge in [-0.25, -0.2) is 0 Å². The lowest BCUT2D eigenvalue weighted by atomic mass is 9.44. The maximum absolute atomic E-state index is 12.1. The first-order chi connectivity index (χ1) is 15.4. The normalized spacial score (nSPS) is 45.6. The van der Waals surface area contributed by atoms with Gasteiger partial charge < -0.3 is 19.7 Å². The molecule has 32 heavy (non-hydrogen) atoms. The average Bonchev–Trinajstić information content (AvgIpc) is 3.09. The second-order valence-electron chi connectivity index (χ2n) is 11.7. The molecule has 0 aromatic heterocycles. The lowest BCUT2D eigenvalue weighted by Gasteiger charge is -2.61. The zero-order chi connectivity index (χ0) is 22.6. The van der Waals surface area contributed by atoms with Crippen LogP contribution in [0.15, 0.2) is 24.3 Å². The Morgan fingerprint density at radius 2 is 1.69 bits per heavy atom. The molecular weight excluding hydrogens is 400 g/mol. The highest BCUT2D eigenvalue weighted by Gasteiger charge is 2.65. The second kappa shape index (κ2) is 8.29. The third-order valence-electron chi connectivity index (χ3n) is 10.8. The number of rotatable bonds is 5. The van der Waals surface area contributed by atoms with Crippen molar-refractivity contribution in [3.8, 4) is 5.75 Å². The molecule has 4 heteroatoms. The number of ether oxygens (including phenoxy) is 2. The van der Waals surface area contributed by atoms with Crippen molar-refractivity contribution in [1.82, 2.24) is 0 Å². The van der Waals surface area contributed by atoms with Gasteiger partial charge in [0.1, 0.15) is 5.75 Å². The number of hydrogen-bond donors (Lipinski definition) is 2. The number of methoxy groups -OCH3 is 1. The summed E-state index contributed by atoms with van der Waals surface area (Å²) in [6, 6.07) is 8.17. The molecule has 0 spiro atoms. The monoisotopic (exact) mass is 442 g/mol. The molecule has 5 rings (SSSR count). The molecule has 0 saturated heterocycles. The smallest absolute Gasteiger partial charge is 0.118 e. The highest BCUT2D eigenvalue weighted by atomic mass is 16.5. The molecule has 1 aromatic carbocycles. The Morgan fingerprint density at radius 3 is 2.41 bits per heavy atom. The van der Waals surface area contributed by atoms with E-state index in [1.165, 1.54) is 25.7 Å². The Labute approximate surface area is 193 Å². The molecular formula is C28H42O4. The second-order valence-corrected chi connectivity index (χ2v) is 11.7. The molecule has 0 bridgehead atoms. The number of aliphatic hydroxyl groups excluding tert-OH is 1. The summed E-state index contributed by atoms with van der Waals surface area (Å²) < 4.78 is 11.3. The Morgan fingerprint density at radius 1 is 0.938 bits per heavy atom. The molecule has 0 aliphatic heterocycles. The van der Waals surface area contributed by atoms with Gasteiger partial charge in [0.25, 0.3) is 0 Å². The third-order valence-corrected chi connectivity index (χ3v) is 10.8. The van der Waals surface area contributed by atoms with Crippen molar-refractivity contribution in [3.63, 3.8) is 0 Å². The van der Waals surface area contributed by atoms with Gasteiger partial charge in [-0.05, 0) is 105 Å². The zero-order valence-corrected chi connectivity index (χ0v) is 20.2. The molecule has 4 aliphatic rings. The van der Waals surface area contributed by atoms with Gasteiger partial charge >= 0.3 is 0 Å². The molecule has 0 amide bonds. The lowest BCUT2D eigenvalue weighted by molar-refractivity contribution is -0.165. The molecule has 2 N–H and O–H groups in total. The van der Waals surface area contributed by atoms with Gasteiger partial charge in [-0.2, -0.15) is 0 Å². The minimum atomic E-state index is -0.734. The van der Waals surface area contributed by atoms with Crippen LogP contribution in [0.2, 0.25) is 0 Å². The summed E-state index contributed by atoms with van der Waals surface area (Å²) in [6.07, 6.45) is 10.9. The highest BCUT2D eigenvalue weighted by molar-refractivity contribution is 5.34. The van der Waals surface area contributed by atoms with Crippen molar-refractivity contribution >= 4 is 0 Å². The summed E-state index contributed by atoms with van der Waals surface area (Å²) in [5.41, 5.74) is 0.697. The van der Waals surface area contributed by atoms with Gasteiger partial charge in [0.15, 0.2) is 0 Å². The molecule has 1 aromatic rings. The number of aliphatic hydroxyl groups is 2. The van der Waals surface area contributed by atoms with Gasteiger partial charge in [-0.15, -0.1) is 0 Å². The number of fused-ring (bicyclic) bond motifs is 5. The van der Waals surface area contributed by atoms with Crippen molar-refractivity contribution in [3.05, 3.63) is 29.8 Å². The summed E-state index contributed by atoms with van der Waals surface area (Å²) in [5, 5.41) is 21.3. The lowest BCUT2D eigenvalue weighted by Crippen LogP contribution is -2.56. The van der Waals surface area contributed by atoms with Crippen LogP contribution in [0.4, 0.5) is 0 Å². The molecule has 4 aliphatic carbocycles. The van der Waals surface area contributed by atoms with Gasteiger partial charge in [0, 0.05) is 5.41 Å². The van der Waals surface area contributed by atoms with Crippen LogP contribution >= 0.6 is 0 Å². The molecule has 178 valence electrons. The Bertz CT molecular complexity index is 808. The maximum Gasteiger partial charge on any atom is 0.118 e. The van der Waals surface area contributed by atoms with Crippen molar-refractivity contribution in [2.45, 2.75) is 83.3 Å². The van der Waals surface area contributed by atoms with Crippen LogP contribution in [0, 0.1) is 34.5 Å². The van der Waals surface area contributed by atoms with Crippen molar-refractivity contribution in [2.24, 2.45) is 34.5 Å². The maximum atomic E-state index is 12.1. The molecule has 8 atom stereocenters. The Balaban J connectivity index is 1.37. The molecule has 3 unspecified atom stereocenters. The van der Waals surface area contributed by atoms with Gasteiger partial charge in [0.05, 0.1) is 32.0 Å². The first-order valence-electron chi connectivity index (χ1n) is 12.9. The van der Waals surface area contributed by atoms with Crippen molar-refractivity contribution < 1.29 is 19.7 Å². The van der Waals surface area contributed by atoms with Crippen LogP contribution in [0.5, 0.6) is 5.75 Å². The van der Waals surface area contributed by atoms with Crippen molar-refractivity contribution in [1.29, 1.82) is 0 Å². The van der Waals surface area contributed by atoms with Gasteiger partial charge in [0.2, 0.25) is 0 Å². The molecule has 4 saturated carbocycles. The van der Waals surface area contributed by atoms with Gasteiger partial charge in [-0.3, -0.25) is 0 Å². The van der Waals surface area contributed by atoms with Crippen LogP contribution in [-0.2, 0) is 10.3 Å². The molecule has 0 radical (unpaired) electrons. The average molecular weight is 443 g/mol. The van der Waals surface area contributed by atoms with E-state index in [9.17, 15) is 5.11 Å². The summed E-state index contributed by atoms with van der Waals surface area (Å²) >= 11 is 0. The van der Waals surface area contributed by atoms with Crippen LogP contribution in [-0.4, -0.2) is 36.6 Å². The predicted molar refractivity (Wildman–Crippen MR) is 125 cm³/mol. The van der Waals surface area contributed by atoms with E-state index in [0.29, 0.717) is 24.0 Å². The van der Waals surface area contributed by atoms with Crippen LogP contribution in [0.3, 0.4) is 0 Å². The topological polar surface area (TPSA) is 58.9 Å². The minimum absolute atomic E-state index is 0.0482. The van der Waals surface area contributed by atoms with E-state index in [1.807, 2.05) is 12.1 Å². The first kappa shape index (κ1) is 22.7. The zero-order valence-electron chi connectivity index (χ0n) is 20.2. The fraction of sp³-hybridized carbons (Fsp3) is 0.786. The summed E-state index contributed by atoms with van der Waals surface area (Å²) in [5.74, 6) is 3.71. The van der Waals surface area contributed by atoms with Gasteiger partial charge in [-0.1, -0.05) is 26.0 Å². The summed E-state index contributed by atoms with van der Waals surface area (Å²) in [7, 11) is 1.70. The third kappa shape index (κ3) is 3.27. The van der Waals surface area contributed by atoms with E-state index in [2.05, 4.69) is 26.0 Å². The van der Waals surface area contributed by atoms with Crippen LogP contribution < -0.4 is 4.74 Å². The van der Waals surface area contributed by atoms with E-state index < -0.39 is 5.60 Å². The van der Waals surface area contributed by atoms with E-state index in [1.54, 1.807) is 7.11 Å². The molecule has 4 nitrogen and oxygen atoms in total. The summed E-state index contributed by atoms with van der Waals surface area (Å²) in [4.78, 5) is 0. The van der Waals surface area contributed by atoms with E-state index >= 15 is 0 Å². The highest BCUT2D eigenvalue weighted by Crippen LogP contribution is 2.70. The first-order valence-corrected chi connectivity index (χ1v) is 12.9. The van der Waals surface area contributed by atoms with Crippen LogP contribution in [0.25, 0.3) is 0 Å². The standard InChI is InChI=1S/C28H42O4/c1-26-13-10-22(32-17-16-29)18-20(26)6-9-23-24(26)11-14-27(2)25(23)12-15-28(27,30)19-4-7-21(31-3)8-5-19/h4-5,7-8,20,22-25,29-30H,6,9-18H2,1-3H3/t20?,22?,23-,24-,25+,26+,27+,28?/m1/s1. The fourth-order valence-corrected chi connectivity index (χ4v) is 8.95. The summed E-state index contributed by atoms with van der Waals surface area (Å²) in [6.45, 7) is 5.56. The largest absolute Gasteiger partial charge is 0.497 e. The van der Waals surface area contributed by atoms with E-state index in [-0.39, 0.29) is 12.0 Å². The molecule has 4 fully saturated rings. The van der Waals surface area contributed by atoms with E-state index in [0.717, 1.165) is 61.2 Å². The van der Waals surface area contributed by atoms with Crippen molar-refractivity contribution in [2.75, 3.05) is 20.3 Å². The number of hydrogen-bond acceptors (Lipinski definition) is 4. The fourth-order valence-electron chi connectivity index (χ4n) is 8.95. The molecule has 0 heterocycles. The van der Waals surface area contributed by atoms with Crippen LogP contribution in [0.1, 0.15) is 77.2 Å². The Kier molecular flexibility index (Phi) is 5.87.